The molecule has 1 aromatic rings. The summed E-state index contributed by atoms with van der Waals surface area (Å²) in [4.78, 5) is 29.4. The van der Waals surface area contributed by atoms with Gasteiger partial charge < -0.3 is 10.2 Å². The van der Waals surface area contributed by atoms with E-state index in [1.165, 1.54) is 0 Å². The van der Waals surface area contributed by atoms with Gasteiger partial charge in [-0.15, -0.1) is 0 Å². The molecule has 0 bridgehead atoms. The molecule has 3 rings (SSSR count). The highest BCUT2D eigenvalue weighted by Gasteiger charge is 2.63. The minimum Gasteiger partial charge on any atom is -0.341 e. The molecule has 2 saturated heterocycles. The molecule has 0 saturated carbocycles. The van der Waals surface area contributed by atoms with Crippen molar-refractivity contribution in [1.82, 2.24) is 10.4 Å². The fraction of sp³-hybridized carbons (Fsp3) is 0.529. The predicted molar refractivity (Wildman–Crippen MR) is 92.2 cm³/mol. The van der Waals surface area contributed by atoms with Crippen molar-refractivity contribution in [2.45, 2.75) is 37.1 Å². The van der Waals surface area contributed by atoms with E-state index in [1.54, 1.807) is 24.3 Å². The summed E-state index contributed by atoms with van der Waals surface area (Å²) in [6.45, 7) is 4.93. The lowest BCUT2D eigenvalue weighted by Crippen LogP contribution is -2.54. The van der Waals surface area contributed by atoms with Crippen molar-refractivity contribution in [2.75, 3.05) is 20.2 Å². The van der Waals surface area contributed by atoms with Crippen LogP contribution < -0.4 is 5.32 Å². The number of piperidine rings is 1. The van der Waals surface area contributed by atoms with Gasteiger partial charge >= 0.3 is 0 Å². The number of nitrogens with zero attached hydrogens (tertiary/aromatic N) is 1. The Hall–Kier alpha value is -1.14. The number of aryl methyl sites for hydroxylation is 2. The van der Waals surface area contributed by atoms with Gasteiger partial charge in [-0.25, -0.2) is 0 Å². The average molecular weight is 371 g/mol. The normalized spacial score (nSPS) is 26.9. The molecule has 1 N–H and O–H groups in total. The summed E-state index contributed by atoms with van der Waals surface area (Å²) >= 11 is 13.0. The van der Waals surface area contributed by atoms with Crippen molar-refractivity contribution in [3.05, 3.63) is 33.8 Å². The van der Waals surface area contributed by atoms with Crippen LogP contribution in [-0.4, -0.2) is 42.5 Å². The summed E-state index contributed by atoms with van der Waals surface area (Å²) in [5.74, 6) is -0.812. The number of amides is 1. The van der Waals surface area contributed by atoms with E-state index in [2.05, 4.69) is 5.32 Å². The zero-order valence-electron chi connectivity index (χ0n) is 13.9. The molecule has 0 aliphatic carbocycles. The van der Waals surface area contributed by atoms with Gasteiger partial charge in [-0.05, 0) is 43.9 Å². The Bertz CT molecular complexity index is 714. The maximum atomic E-state index is 13.2. The van der Waals surface area contributed by atoms with Crippen molar-refractivity contribution < 1.29 is 14.4 Å². The third-order valence-electron chi connectivity index (χ3n) is 5.20. The number of Topliss-reactive ketones (excluding diaryl/α,β-unsaturated/α-hetero) is 1. The number of carbonyl (C=O) groups is 2. The summed E-state index contributed by atoms with van der Waals surface area (Å²) in [6.07, 6.45) is 0.921. The van der Waals surface area contributed by atoms with Crippen molar-refractivity contribution >= 4 is 34.9 Å². The smallest absolute Gasteiger partial charge is 0.254 e. The Labute approximate surface area is 151 Å². The first-order chi connectivity index (χ1) is 11.2. The molecular weight excluding hydrogens is 351 g/mol. The second kappa shape index (κ2) is 5.99. The van der Waals surface area contributed by atoms with Crippen LogP contribution in [0.3, 0.4) is 0 Å². The van der Waals surface area contributed by atoms with Crippen LogP contribution >= 0.6 is 23.2 Å². The van der Waals surface area contributed by atoms with Crippen molar-refractivity contribution in [3.63, 3.8) is 0 Å². The van der Waals surface area contributed by atoms with Crippen LogP contribution in [0.5, 0.6) is 0 Å². The van der Waals surface area contributed by atoms with Crippen LogP contribution in [-0.2, 0) is 19.3 Å². The zero-order chi connectivity index (χ0) is 17.7. The molecule has 0 aromatic heterocycles. The summed E-state index contributed by atoms with van der Waals surface area (Å²) < 4.78 is 0. The molecule has 24 heavy (non-hydrogen) atoms. The minimum absolute atomic E-state index is 0.317. The summed E-state index contributed by atoms with van der Waals surface area (Å²) in [7, 11) is 1.59. The molecule has 1 spiro atoms. The van der Waals surface area contributed by atoms with Gasteiger partial charge in [0.05, 0.1) is 7.11 Å². The molecule has 1 aromatic carbocycles. The minimum atomic E-state index is -1.77. The first-order valence-electron chi connectivity index (χ1n) is 7.87. The topological polar surface area (TPSA) is 58.6 Å². The molecular formula is C17H20Cl2N2O3. The fourth-order valence-corrected chi connectivity index (χ4v) is 4.28. The van der Waals surface area contributed by atoms with Gasteiger partial charge in [-0.2, -0.15) is 5.06 Å². The lowest BCUT2D eigenvalue weighted by Gasteiger charge is -2.37. The molecule has 7 heteroatoms. The molecule has 2 aliphatic rings. The molecule has 2 fully saturated rings. The summed E-state index contributed by atoms with van der Waals surface area (Å²) in [5.41, 5.74) is 1.33. The van der Waals surface area contributed by atoms with E-state index >= 15 is 0 Å². The third-order valence-corrected chi connectivity index (χ3v) is 6.06. The number of rotatable bonds is 2. The Morgan fingerprint density at radius 2 is 1.75 bits per heavy atom. The number of hydrogen-bond acceptors (Lipinski definition) is 4. The number of benzene rings is 1. The van der Waals surface area contributed by atoms with Crippen molar-refractivity contribution in [1.29, 1.82) is 0 Å². The van der Waals surface area contributed by atoms with Gasteiger partial charge in [0.25, 0.3) is 5.91 Å². The number of carbonyl (C=O) groups excluding carboxylic acids is 2. The lowest BCUT2D eigenvalue weighted by atomic mass is 9.80. The van der Waals surface area contributed by atoms with E-state index in [0.29, 0.717) is 36.5 Å². The molecule has 2 aliphatic heterocycles. The fourth-order valence-electron chi connectivity index (χ4n) is 3.49. The number of alkyl halides is 1. The van der Waals surface area contributed by atoms with Gasteiger partial charge in [0.15, 0.2) is 5.78 Å². The largest absolute Gasteiger partial charge is 0.341 e. The van der Waals surface area contributed by atoms with Gasteiger partial charge in [-0.3, -0.25) is 9.59 Å². The van der Waals surface area contributed by atoms with Gasteiger partial charge in [0, 0.05) is 23.7 Å². The highest BCUT2D eigenvalue weighted by atomic mass is 35.5. The summed E-state index contributed by atoms with van der Waals surface area (Å²) in [5, 5.41) is 4.95. The highest BCUT2D eigenvalue weighted by Crippen LogP contribution is 2.46. The van der Waals surface area contributed by atoms with Crippen LogP contribution in [0.4, 0.5) is 0 Å². The molecule has 1 amide bonds. The van der Waals surface area contributed by atoms with Crippen molar-refractivity contribution in [2.24, 2.45) is 0 Å². The van der Waals surface area contributed by atoms with Crippen LogP contribution in [0.1, 0.15) is 29.5 Å². The molecule has 1 atom stereocenters. The maximum absolute atomic E-state index is 13.2. The van der Waals surface area contributed by atoms with E-state index in [9.17, 15) is 9.59 Å². The Kier molecular flexibility index (Phi) is 4.41. The lowest BCUT2D eigenvalue weighted by molar-refractivity contribution is -0.157. The second-order valence-electron chi connectivity index (χ2n) is 6.55. The Balaban J connectivity index is 2.01. The maximum Gasteiger partial charge on any atom is 0.254 e. The van der Waals surface area contributed by atoms with Crippen LogP contribution in [0.2, 0.25) is 5.02 Å². The summed E-state index contributed by atoms with van der Waals surface area (Å²) in [6, 6.07) is 3.49. The Morgan fingerprint density at radius 3 is 2.33 bits per heavy atom. The monoisotopic (exact) mass is 370 g/mol. The van der Waals surface area contributed by atoms with E-state index in [-0.39, 0.29) is 5.78 Å². The third kappa shape index (κ3) is 2.46. The number of halogens is 2. The highest BCUT2D eigenvalue weighted by molar-refractivity contribution is 6.50. The first-order valence-corrected chi connectivity index (χ1v) is 8.63. The molecule has 0 radical (unpaired) electrons. The van der Waals surface area contributed by atoms with Crippen LogP contribution in [0.25, 0.3) is 0 Å². The number of hydrogen-bond donors (Lipinski definition) is 1. The molecule has 5 nitrogen and oxygen atoms in total. The Morgan fingerprint density at radius 1 is 1.17 bits per heavy atom. The number of hydroxylamine groups is 2. The molecule has 130 valence electrons. The SMILES string of the molecule is CON1CCC2(CC1)NC(=O)C(Cl)(c1cc(C)c(C)cc1Cl)C2=O. The zero-order valence-corrected chi connectivity index (χ0v) is 15.4. The van der Waals surface area contributed by atoms with E-state index in [4.69, 9.17) is 28.0 Å². The van der Waals surface area contributed by atoms with E-state index in [1.807, 2.05) is 13.8 Å². The van der Waals surface area contributed by atoms with Crippen LogP contribution in [0, 0.1) is 13.8 Å². The molecule has 2 heterocycles. The average Bonchev–Trinajstić information content (AvgIpc) is 2.74. The second-order valence-corrected chi connectivity index (χ2v) is 7.53. The quantitative estimate of drug-likeness (QED) is 0.641. The van der Waals surface area contributed by atoms with Gasteiger partial charge in [0.2, 0.25) is 4.87 Å². The number of ketones is 1. The standard InChI is InChI=1S/C17H20Cl2N2O3/c1-10-8-12(13(18)9-11(10)2)17(19)14(22)16(20-15(17)23)4-6-21(24-3)7-5-16/h8-9H,4-7H2,1-3H3,(H,20,23). The van der Waals surface area contributed by atoms with Crippen molar-refractivity contribution in [3.8, 4) is 0 Å². The van der Waals surface area contributed by atoms with Gasteiger partial charge in [0.1, 0.15) is 5.54 Å². The van der Waals surface area contributed by atoms with E-state index in [0.717, 1.165) is 11.1 Å². The predicted octanol–water partition coefficient (Wildman–Crippen LogP) is 2.49. The van der Waals surface area contributed by atoms with Gasteiger partial charge in [-0.1, -0.05) is 29.3 Å². The number of nitrogens with one attached hydrogen (secondary N) is 1. The first kappa shape index (κ1) is 17.7. The van der Waals surface area contributed by atoms with E-state index < -0.39 is 16.3 Å². The molecule has 1 unspecified atom stereocenters. The van der Waals surface area contributed by atoms with Crippen LogP contribution in [0.15, 0.2) is 12.1 Å².